The van der Waals surface area contributed by atoms with E-state index >= 15 is 0 Å². The van der Waals surface area contributed by atoms with Gasteiger partial charge in [-0.3, -0.25) is 10.2 Å². The topological polar surface area (TPSA) is 90.2 Å². The van der Waals surface area contributed by atoms with Crippen LogP contribution in [0.25, 0.3) is 0 Å². The third kappa shape index (κ3) is 3.67. The molecule has 9 nitrogen and oxygen atoms in total. The Balaban J connectivity index is 1.72. The monoisotopic (exact) mass is 475 g/mol. The molecule has 35 heavy (non-hydrogen) atoms. The van der Waals surface area contributed by atoms with Gasteiger partial charge in [0.2, 0.25) is 0 Å². The summed E-state index contributed by atoms with van der Waals surface area (Å²) >= 11 is 0. The maximum Gasteiger partial charge on any atom is 0.328 e. The van der Waals surface area contributed by atoms with Gasteiger partial charge >= 0.3 is 6.03 Å². The van der Waals surface area contributed by atoms with Crippen molar-refractivity contribution in [3.63, 3.8) is 0 Å². The molecule has 1 saturated heterocycles. The minimum absolute atomic E-state index is 0.243. The zero-order valence-corrected chi connectivity index (χ0v) is 20.7. The molecule has 0 spiro atoms. The zero-order chi connectivity index (χ0) is 24.9. The molecule has 2 atom stereocenters. The van der Waals surface area contributed by atoms with Crippen molar-refractivity contribution >= 4 is 23.4 Å². The summed E-state index contributed by atoms with van der Waals surface area (Å²) in [5, 5.41) is 7.70. The lowest BCUT2D eigenvalue weighted by atomic mass is 9.83. The first kappa shape index (κ1) is 22.8. The molecule has 0 aliphatic carbocycles. The number of carbonyl (C=O) groups excluding carboxylic acids is 1. The highest BCUT2D eigenvalue weighted by atomic mass is 16.5. The second-order valence-corrected chi connectivity index (χ2v) is 9.54. The summed E-state index contributed by atoms with van der Waals surface area (Å²) in [5.41, 5.74) is 2.32. The van der Waals surface area contributed by atoms with Crippen LogP contribution in [0.1, 0.15) is 37.8 Å². The molecule has 3 heterocycles. The van der Waals surface area contributed by atoms with E-state index in [-0.39, 0.29) is 17.5 Å². The summed E-state index contributed by atoms with van der Waals surface area (Å²) in [4.78, 5) is 20.0. The Bertz CT molecular complexity index is 1320. The molecule has 9 heteroatoms. The van der Waals surface area contributed by atoms with E-state index < -0.39 is 6.04 Å². The Labute approximate surface area is 204 Å². The van der Waals surface area contributed by atoms with Crippen LogP contribution in [0.4, 0.5) is 16.3 Å². The number of aromatic nitrogens is 2. The number of fused-ring (bicyclic) bond motifs is 2. The molecule has 0 saturated carbocycles. The van der Waals surface area contributed by atoms with Gasteiger partial charge in [-0.2, -0.15) is 5.10 Å². The molecular weight excluding hydrogens is 446 g/mol. The number of nitrogens with one attached hydrogen (secondary N) is 1. The smallest absolute Gasteiger partial charge is 0.328 e. The number of urea groups is 1. The number of carbonyl (C=O) groups is 1. The van der Waals surface area contributed by atoms with Gasteiger partial charge in [0.15, 0.2) is 17.3 Å². The quantitative estimate of drug-likeness (QED) is 0.589. The molecule has 2 aromatic carbocycles. The van der Waals surface area contributed by atoms with Gasteiger partial charge in [-0.1, -0.05) is 12.1 Å². The number of ether oxygens (including phenoxy) is 3. The van der Waals surface area contributed by atoms with Crippen molar-refractivity contribution in [2.45, 2.75) is 38.3 Å². The molecule has 3 aromatic rings. The number of hydrogen-bond donors (Lipinski definition) is 1. The fourth-order valence-corrected chi connectivity index (χ4v) is 4.80. The second-order valence-electron chi connectivity index (χ2n) is 9.54. The minimum Gasteiger partial charge on any atom is -0.497 e. The van der Waals surface area contributed by atoms with Crippen molar-refractivity contribution in [3.05, 3.63) is 59.8 Å². The van der Waals surface area contributed by atoms with Gasteiger partial charge in [0.25, 0.3) is 0 Å². The zero-order valence-electron chi connectivity index (χ0n) is 20.7. The van der Waals surface area contributed by atoms with Crippen molar-refractivity contribution < 1.29 is 19.0 Å². The number of benzene rings is 2. The highest BCUT2D eigenvalue weighted by Crippen LogP contribution is 2.46. The number of anilines is 1. The largest absolute Gasteiger partial charge is 0.497 e. The van der Waals surface area contributed by atoms with E-state index in [9.17, 15) is 4.79 Å². The van der Waals surface area contributed by atoms with E-state index in [1.807, 2.05) is 53.3 Å². The lowest BCUT2D eigenvalue weighted by Gasteiger charge is -2.34. The van der Waals surface area contributed by atoms with E-state index in [0.29, 0.717) is 28.8 Å². The number of rotatable bonds is 5. The maximum absolute atomic E-state index is 13.3. The van der Waals surface area contributed by atoms with Crippen LogP contribution in [-0.4, -0.2) is 49.0 Å². The van der Waals surface area contributed by atoms with Crippen molar-refractivity contribution in [2.24, 2.45) is 4.99 Å². The van der Waals surface area contributed by atoms with E-state index in [1.165, 1.54) is 0 Å². The van der Waals surface area contributed by atoms with Crippen LogP contribution >= 0.6 is 0 Å². The molecule has 0 radical (unpaired) electrons. The Morgan fingerprint density at radius 2 is 1.74 bits per heavy atom. The second kappa shape index (κ2) is 8.33. The van der Waals surface area contributed by atoms with Gasteiger partial charge in [0.1, 0.15) is 17.6 Å². The minimum atomic E-state index is -0.405. The van der Waals surface area contributed by atoms with Crippen molar-refractivity contribution in [3.8, 4) is 17.2 Å². The lowest BCUT2D eigenvalue weighted by Crippen LogP contribution is -2.42. The molecule has 182 valence electrons. The first-order valence-corrected chi connectivity index (χ1v) is 11.4. The van der Waals surface area contributed by atoms with E-state index in [4.69, 9.17) is 24.3 Å². The molecule has 2 aliphatic heterocycles. The van der Waals surface area contributed by atoms with Crippen LogP contribution in [0.15, 0.2) is 53.7 Å². The average Bonchev–Trinajstić information content (AvgIpc) is 3.42. The summed E-state index contributed by atoms with van der Waals surface area (Å²) in [6.07, 6.45) is 1.86. The van der Waals surface area contributed by atoms with Gasteiger partial charge in [0, 0.05) is 23.2 Å². The van der Waals surface area contributed by atoms with Crippen LogP contribution in [0.3, 0.4) is 0 Å². The molecule has 2 aliphatic rings. The molecule has 0 bridgehead atoms. The van der Waals surface area contributed by atoms with Crippen LogP contribution in [-0.2, 0) is 5.54 Å². The molecular formula is C26H29N5O4. The highest BCUT2D eigenvalue weighted by molar-refractivity contribution is 6.18. The Morgan fingerprint density at radius 3 is 2.43 bits per heavy atom. The van der Waals surface area contributed by atoms with Gasteiger partial charge in [-0.05, 0) is 50.6 Å². The van der Waals surface area contributed by atoms with E-state index in [1.54, 1.807) is 26.2 Å². The average molecular weight is 476 g/mol. The van der Waals surface area contributed by atoms with Gasteiger partial charge in [0.05, 0.1) is 33.1 Å². The Morgan fingerprint density at radius 1 is 0.971 bits per heavy atom. The summed E-state index contributed by atoms with van der Waals surface area (Å²) in [6.45, 7) is 6.23. The molecule has 1 aromatic heterocycles. The van der Waals surface area contributed by atoms with E-state index in [2.05, 4.69) is 26.1 Å². The standard InChI is InChI=1S/C26H29N5O4/c1-26(2,3)31-24-18(14-27-31)21(15-10-11-19(34-5)20(12-15)35-6)22-23(28-24)29-25(32)30(22)16-8-7-9-17(13-16)33-4/h7-14,21-22H,1-6H3,(H,28,29,32)/t21-,22+/m0/s1. The normalized spacial score (nSPS) is 19.0. The van der Waals surface area contributed by atoms with Crippen molar-refractivity contribution in [1.82, 2.24) is 15.1 Å². The molecule has 1 fully saturated rings. The third-order valence-corrected chi connectivity index (χ3v) is 6.39. The maximum atomic E-state index is 13.3. The van der Waals surface area contributed by atoms with Gasteiger partial charge < -0.3 is 14.2 Å². The Kier molecular flexibility index (Phi) is 5.42. The van der Waals surface area contributed by atoms with Crippen molar-refractivity contribution in [1.29, 1.82) is 0 Å². The number of amidine groups is 1. The van der Waals surface area contributed by atoms with Crippen LogP contribution in [0.2, 0.25) is 0 Å². The van der Waals surface area contributed by atoms with Crippen LogP contribution in [0.5, 0.6) is 17.2 Å². The number of hydrogen-bond acceptors (Lipinski definition) is 6. The SMILES string of the molecule is COc1cccc(N2C(=O)NC3=Nc4c(cnn4C(C)(C)C)[C@H](c4ccc(OC)c(OC)c4)[C@H]32)c1. The molecule has 0 unspecified atom stereocenters. The predicted molar refractivity (Wildman–Crippen MR) is 133 cm³/mol. The summed E-state index contributed by atoms with van der Waals surface area (Å²) in [6, 6.07) is 12.7. The number of nitrogens with zero attached hydrogens (tertiary/aromatic N) is 4. The fraction of sp³-hybridized carbons (Fsp3) is 0.346. The molecule has 1 N–H and O–H groups in total. The number of aliphatic imine (C=N–C) groups is 1. The first-order valence-electron chi connectivity index (χ1n) is 11.4. The molecule has 5 rings (SSSR count). The lowest BCUT2D eigenvalue weighted by molar-refractivity contribution is 0.252. The predicted octanol–water partition coefficient (Wildman–Crippen LogP) is 4.44. The number of amides is 2. The summed E-state index contributed by atoms with van der Waals surface area (Å²) in [7, 11) is 4.83. The van der Waals surface area contributed by atoms with Crippen LogP contribution in [0, 0.1) is 0 Å². The van der Waals surface area contributed by atoms with Crippen molar-refractivity contribution in [2.75, 3.05) is 26.2 Å². The van der Waals surface area contributed by atoms with E-state index in [0.717, 1.165) is 16.9 Å². The van der Waals surface area contributed by atoms with Gasteiger partial charge in [-0.15, -0.1) is 0 Å². The first-order chi connectivity index (χ1) is 16.8. The summed E-state index contributed by atoms with van der Waals surface area (Å²) < 4.78 is 18.4. The highest BCUT2D eigenvalue weighted by Gasteiger charge is 2.48. The Hall–Kier alpha value is -4.01. The summed E-state index contributed by atoms with van der Waals surface area (Å²) in [5.74, 6) is 2.98. The number of methoxy groups -OCH3 is 3. The fourth-order valence-electron chi connectivity index (χ4n) is 4.80. The van der Waals surface area contributed by atoms with Crippen LogP contribution < -0.4 is 24.4 Å². The third-order valence-electron chi connectivity index (χ3n) is 6.39. The molecule has 2 amide bonds. The van der Waals surface area contributed by atoms with Gasteiger partial charge in [-0.25, -0.2) is 14.5 Å².